The van der Waals surface area contributed by atoms with Gasteiger partial charge in [0.25, 0.3) is 5.91 Å². The van der Waals surface area contributed by atoms with Crippen molar-refractivity contribution in [2.75, 3.05) is 26.3 Å². The Kier molecular flexibility index (Phi) is 3.62. The smallest absolute Gasteiger partial charge is 0.293 e. The van der Waals surface area contributed by atoms with E-state index in [1.54, 1.807) is 9.58 Å². The normalized spacial score (nSPS) is 26.4. The Balaban J connectivity index is 1.58. The summed E-state index contributed by atoms with van der Waals surface area (Å²) >= 11 is 0. The first-order valence-corrected chi connectivity index (χ1v) is 8.22. The predicted molar refractivity (Wildman–Crippen MR) is 87.8 cm³/mol. The molecule has 2 aliphatic heterocycles. The van der Waals surface area contributed by atoms with Crippen molar-refractivity contribution < 1.29 is 9.53 Å². The molecule has 2 saturated heterocycles. The molecule has 4 rings (SSSR count). The Bertz CT molecular complexity index is 760. The minimum atomic E-state index is -0.342. The van der Waals surface area contributed by atoms with Crippen LogP contribution in [0.4, 0.5) is 0 Å². The van der Waals surface area contributed by atoms with Crippen LogP contribution in [0.15, 0.2) is 30.3 Å². The van der Waals surface area contributed by atoms with Crippen molar-refractivity contribution in [3.63, 3.8) is 0 Å². The zero-order valence-corrected chi connectivity index (χ0v) is 13.7. The van der Waals surface area contributed by atoms with Gasteiger partial charge in [-0.25, -0.2) is 9.67 Å². The van der Waals surface area contributed by atoms with Crippen LogP contribution >= 0.6 is 0 Å². The van der Waals surface area contributed by atoms with Gasteiger partial charge in [-0.2, -0.15) is 0 Å². The van der Waals surface area contributed by atoms with Gasteiger partial charge in [-0.15, -0.1) is 5.10 Å². The summed E-state index contributed by atoms with van der Waals surface area (Å²) in [5, 5.41) is 4.41. The van der Waals surface area contributed by atoms with E-state index >= 15 is 0 Å². The number of hydrogen-bond donors (Lipinski definition) is 1. The number of benzene rings is 1. The van der Waals surface area contributed by atoms with Crippen molar-refractivity contribution in [3.8, 4) is 5.69 Å². The van der Waals surface area contributed by atoms with Gasteiger partial charge in [0.2, 0.25) is 5.82 Å². The molecule has 0 saturated carbocycles. The average Bonchev–Trinajstić information content (AvgIpc) is 3.15. The van der Waals surface area contributed by atoms with E-state index in [2.05, 4.69) is 10.1 Å². The molecule has 2 N–H and O–H groups in total. The predicted octanol–water partition coefficient (Wildman–Crippen LogP) is 0.766. The molecule has 1 amide bonds. The monoisotopic (exact) mass is 327 g/mol. The number of rotatable bonds is 2. The van der Waals surface area contributed by atoms with Crippen LogP contribution in [0.5, 0.6) is 0 Å². The summed E-state index contributed by atoms with van der Waals surface area (Å²) in [5.74, 6) is 0.936. The molecule has 7 heteroatoms. The van der Waals surface area contributed by atoms with Crippen molar-refractivity contribution in [3.05, 3.63) is 42.0 Å². The first-order valence-electron chi connectivity index (χ1n) is 8.22. The Morgan fingerprint density at radius 2 is 2.17 bits per heavy atom. The minimum absolute atomic E-state index is 0.160. The van der Waals surface area contributed by atoms with Gasteiger partial charge in [0, 0.05) is 31.2 Å². The second kappa shape index (κ2) is 5.68. The molecule has 7 nitrogen and oxygen atoms in total. The highest BCUT2D eigenvalue weighted by molar-refractivity contribution is 5.90. The average molecular weight is 327 g/mol. The van der Waals surface area contributed by atoms with E-state index in [9.17, 15) is 4.79 Å². The number of aromatic nitrogens is 3. The number of nitrogens with two attached hydrogens (primary N) is 1. The molecule has 0 bridgehead atoms. The number of carbonyl (C=O) groups is 1. The third-order valence-corrected chi connectivity index (χ3v) is 5.02. The molecule has 0 spiro atoms. The van der Waals surface area contributed by atoms with E-state index < -0.39 is 0 Å². The Morgan fingerprint density at radius 3 is 2.92 bits per heavy atom. The third-order valence-electron chi connectivity index (χ3n) is 5.02. The summed E-state index contributed by atoms with van der Waals surface area (Å²) in [6.45, 7) is 4.27. The van der Waals surface area contributed by atoms with E-state index in [0.29, 0.717) is 32.1 Å². The van der Waals surface area contributed by atoms with Crippen molar-refractivity contribution in [1.29, 1.82) is 0 Å². The quantitative estimate of drug-likeness (QED) is 0.880. The van der Waals surface area contributed by atoms with Crippen LogP contribution in [-0.2, 0) is 4.74 Å². The maximum atomic E-state index is 12.8. The number of hydrogen-bond acceptors (Lipinski definition) is 5. The summed E-state index contributed by atoms with van der Waals surface area (Å²) in [5.41, 5.74) is 7.02. The number of carbonyl (C=O) groups excluding carboxylic acids is 1. The zero-order valence-electron chi connectivity index (χ0n) is 13.7. The SMILES string of the molecule is Cc1nc(C(=O)N2C[C@@H]3COCC[C@]3(N)C2)nn1-c1ccccc1. The van der Waals surface area contributed by atoms with Crippen molar-refractivity contribution in [2.24, 2.45) is 11.7 Å². The van der Waals surface area contributed by atoms with Crippen molar-refractivity contribution in [2.45, 2.75) is 18.9 Å². The lowest BCUT2D eigenvalue weighted by atomic mass is 9.84. The van der Waals surface area contributed by atoms with Crippen LogP contribution in [-0.4, -0.2) is 57.4 Å². The van der Waals surface area contributed by atoms with Crippen LogP contribution in [0.2, 0.25) is 0 Å². The fourth-order valence-electron chi connectivity index (χ4n) is 3.58. The summed E-state index contributed by atoms with van der Waals surface area (Å²) < 4.78 is 7.20. The maximum Gasteiger partial charge on any atom is 0.293 e. The molecule has 2 aliphatic rings. The van der Waals surface area contributed by atoms with Gasteiger partial charge in [0.15, 0.2) is 0 Å². The maximum absolute atomic E-state index is 12.8. The zero-order chi connectivity index (χ0) is 16.7. The first kappa shape index (κ1) is 15.3. The van der Waals surface area contributed by atoms with Crippen LogP contribution in [0.1, 0.15) is 22.9 Å². The number of fused-ring (bicyclic) bond motifs is 1. The van der Waals surface area contributed by atoms with Gasteiger partial charge in [-0.05, 0) is 25.5 Å². The Morgan fingerprint density at radius 1 is 1.38 bits per heavy atom. The molecular weight excluding hydrogens is 306 g/mol. The van der Waals surface area contributed by atoms with Crippen LogP contribution in [0.3, 0.4) is 0 Å². The largest absolute Gasteiger partial charge is 0.381 e. The highest BCUT2D eigenvalue weighted by Gasteiger charge is 2.47. The molecule has 1 aromatic carbocycles. The van der Waals surface area contributed by atoms with Crippen LogP contribution in [0, 0.1) is 12.8 Å². The van der Waals surface area contributed by atoms with E-state index in [-0.39, 0.29) is 23.2 Å². The van der Waals surface area contributed by atoms with Crippen molar-refractivity contribution >= 4 is 5.91 Å². The fraction of sp³-hybridized carbons (Fsp3) is 0.471. The molecule has 2 atom stereocenters. The van der Waals surface area contributed by atoms with Gasteiger partial charge in [-0.3, -0.25) is 4.79 Å². The number of likely N-dealkylation sites (tertiary alicyclic amines) is 1. The number of aryl methyl sites for hydroxylation is 1. The molecule has 1 aromatic heterocycles. The second-order valence-corrected chi connectivity index (χ2v) is 6.67. The van der Waals surface area contributed by atoms with Gasteiger partial charge in [0.05, 0.1) is 12.3 Å². The highest BCUT2D eigenvalue weighted by Crippen LogP contribution is 2.32. The summed E-state index contributed by atoms with van der Waals surface area (Å²) in [6, 6.07) is 9.68. The molecular formula is C17H21N5O2. The first-order chi connectivity index (χ1) is 11.6. The lowest BCUT2D eigenvalue weighted by molar-refractivity contribution is 0.0241. The standard InChI is InChI=1S/C17H21N5O2/c1-12-19-15(20-22(12)14-5-3-2-4-6-14)16(23)21-9-13-10-24-8-7-17(13,18)11-21/h2-6,13H,7-11,18H2,1H3/t13-,17+/m1/s1. The fourth-order valence-corrected chi connectivity index (χ4v) is 3.58. The second-order valence-electron chi connectivity index (χ2n) is 6.67. The van der Waals surface area contributed by atoms with Gasteiger partial charge in [-0.1, -0.05) is 18.2 Å². The summed E-state index contributed by atoms with van der Waals surface area (Å²) in [6.07, 6.45) is 0.784. The molecule has 2 fully saturated rings. The van der Waals surface area contributed by atoms with E-state index in [0.717, 1.165) is 12.1 Å². The molecule has 2 aromatic rings. The van der Waals surface area contributed by atoms with Crippen LogP contribution < -0.4 is 5.73 Å². The van der Waals surface area contributed by atoms with E-state index in [1.165, 1.54) is 0 Å². The van der Waals surface area contributed by atoms with E-state index in [1.807, 2.05) is 37.3 Å². The van der Waals surface area contributed by atoms with Gasteiger partial charge >= 0.3 is 0 Å². The van der Waals surface area contributed by atoms with Gasteiger partial charge in [0.1, 0.15) is 5.82 Å². The summed E-state index contributed by atoms with van der Waals surface area (Å²) in [4.78, 5) is 18.9. The minimum Gasteiger partial charge on any atom is -0.381 e. The number of nitrogens with zero attached hydrogens (tertiary/aromatic N) is 4. The number of ether oxygens (including phenoxy) is 1. The molecule has 3 heterocycles. The lowest BCUT2D eigenvalue weighted by Crippen LogP contribution is -2.52. The Labute approximate surface area is 140 Å². The highest BCUT2D eigenvalue weighted by atomic mass is 16.5. The topological polar surface area (TPSA) is 86.3 Å². The summed E-state index contributed by atoms with van der Waals surface area (Å²) in [7, 11) is 0. The Hall–Kier alpha value is -2.25. The van der Waals surface area contributed by atoms with Crippen molar-refractivity contribution in [1.82, 2.24) is 19.7 Å². The number of amides is 1. The van der Waals surface area contributed by atoms with Gasteiger partial charge < -0.3 is 15.4 Å². The molecule has 24 heavy (non-hydrogen) atoms. The van der Waals surface area contributed by atoms with Crippen LogP contribution in [0.25, 0.3) is 5.69 Å². The number of para-hydroxylation sites is 1. The third kappa shape index (κ3) is 2.50. The molecule has 126 valence electrons. The van der Waals surface area contributed by atoms with E-state index in [4.69, 9.17) is 10.5 Å². The lowest BCUT2D eigenvalue weighted by Gasteiger charge is -2.34. The molecule has 0 unspecified atom stereocenters. The molecule has 0 aliphatic carbocycles. The molecule has 0 radical (unpaired) electrons.